The maximum atomic E-state index is 12.8. The molecule has 0 saturated heterocycles. The van der Waals surface area contributed by atoms with E-state index in [9.17, 15) is 4.79 Å². The lowest BCUT2D eigenvalue weighted by Gasteiger charge is -2.32. The SMILES string of the molecule is O=C1CCCC2=C1C(c1cccc(Br)c1)n1nc(-c3ccncc3)nc1N2. The molecule has 0 bridgehead atoms. The first-order chi connectivity index (χ1) is 13.2. The van der Waals surface area contributed by atoms with Crippen LogP contribution in [0.5, 0.6) is 0 Å². The predicted octanol–water partition coefficient (Wildman–Crippen LogP) is 4.12. The third-order valence-corrected chi connectivity index (χ3v) is 5.46. The Morgan fingerprint density at radius 2 is 2.00 bits per heavy atom. The summed E-state index contributed by atoms with van der Waals surface area (Å²) < 4.78 is 2.81. The summed E-state index contributed by atoms with van der Waals surface area (Å²) in [6.07, 6.45) is 5.74. The van der Waals surface area contributed by atoms with E-state index in [1.807, 2.05) is 41.1 Å². The van der Waals surface area contributed by atoms with Crippen molar-refractivity contribution >= 4 is 27.7 Å². The molecule has 1 N–H and O–H groups in total. The fraction of sp³-hybridized carbons (Fsp3) is 0.200. The van der Waals surface area contributed by atoms with Crippen molar-refractivity contribution in [3.05, 3.63) is 70.1 Å². The molecule has 3 aromatic rings. The van der Waals surface area contributed by atoms with Gasteiger partial charge in [-0.25, -0.2) is 4.68 Å². The second kappa shape index (κ2) is 6.42. The number of nitrogens with one attached hydrogen (secondary N) is 1. The van der Waals surface area contributed by atoms with Gasteiger partial charge in [0, 0.05) is 40.1 Å². The van der Waals surface area contributed by atoms with Crippen LogP contribution >= 0.6 is 15.9 Å². The number of halogens is 1. The lowest BCUT2D eigenvalue weighted by Crippen LogP contribution is -2.31. The van der Waals surface area contributed by atoms with Crippen LogP contribution < -0.4 is 5.32 Å². The Labute approximate surface area is 164 Å². The Bertz CT molecular complexity index is 1070. The van der Waals surface area contributed by atoms with Gasteiger partial charge in [0.25, 0.3) is 0 Å². The van der Waals surface area contributed by atoms with Gasteiger partial charge in [0.1, 0.15) is 6.04 Å². The van der Waals surface area contributed by atoms with Crippen LogP contribution in [0.15, 0.2) is 64.5 Å². The van der Waals surface area contributed by atoms with Crippen molar-refractivity contribution < 1.29 is 4.79 Å². The number of hydrogen-bond donors (Lipinski definition) is 1. The number of benzene rings is 1. The van der Waals surface area contributed by atoms with E-state index < -0.39 is 0 Å². The number of Topliss-reactive ketones (excluding diaryl/α,β-unsaturated/α-hetero) is 1. The molecule has 7 heteroatoms. The van der Waals surface area contributed by atoms with Crippen molar-refractivity contribution in [2.24, 2.45) is 0 Å². The third-order valence-electron chi connectivity index (χ3n) is 4.97. The number of carbonyl (C=O) groups is 1. The first-order valence-corrected chi connectivity index (χ1v) is 9.65. The first-order valence-electron chi connectivity index (χ1n) is 8.86. The normalized spacial score (nSPS) is 18.7. The van der Waals surface area contributed by atoms with Gasteiger partial charge in [-0.15, -0.1) is 5.10 Å². The van der Waals surface area contributed by atoms with Gasteiger partial charge in [-0.2, -0.15) is 4.98 Å². The van der Waals surface area contributed by atoms with Gasteiger partial charge in [-0.05, 0) is 42.7 Å². The van der Waals surface area contributed by atoms with Crippen molar-refractivity contribution in [1.29, 1.82) is 0 Å². The fourth-order valence-corrected chi connectivity index (χ4v) is 4.18. The zero-order valence-electron chi connectivity index (χ0n) is 14.4. The number of hydrogen-bond acceptors (Lipinski definition) is 5. The zero-order valence-corrected chi connectivity index (χ0v) is 16.0. The third kappa shape index (κ3) is 2.78. The highest BCUT2D eigenvalue weighted by molar-refractivity contribution is 9.10. The van der Waals surface area contributed by atoms with E-state index >= 15 is 0 Å². The van der Waals surface area contributed by atoms with E-state index in [1.165, 1.54) is 0 Å². The minimum Gasteiger partial charge on any atom is -0.328 e. The molecule has 0 spiro atoms. The molecule has 0 amide bonds. The van der Waals surface area contributed by atoms with Crippen LogP contribution in [0.1, 0.15) is 30.9 Å². The Hall–Kier alpha value is -2.80. The van der Waals surface area contributed by atoms with Crippen molar-refractivity contribution in [3.8, 4) is 11.4 Å². The summed E-state index contributed by atoms with van der Waals surface area (Å²) >= 11 is 3.54. The number of pyridine rings is 1. The second-order valence-corrected chi connectivity index (χ2v) is 7.61. The molecule has 0 saturated carbocycles. The van der Waals surface area contributed by atoms with Gasteiger partial charge < -0.3 is 5.32 Å². The van der Waals surface area contributed by atoms with Gasteiger partial charge in [-0.1, -0.05) is 28.1 Å². The van der Waals surface area contributed by atoms with Crippen LogP contribution in [0.4, 0.5) is 5.95 Å². The average molecular weight is 422 g/mol. The van der Waals surface area contributed by atoms with E-state index in [2.05, 4.69) is 26.2 Å². The van der Waals surface area contributed by atoms with Crippen LogP contribution in [0.25, 0.3) is 11.4 Å². The van der Waals surface area contributed by atoms with Crippen molar-refractivity contribution in [1.82, 2.24) is 19.7 Å². The Morgan fingerprint density at radius 1 is 1.15 bits per heavy atom. The lowest BCUT2D eigenvalue weighted by atomic mass is 9.85. The summed E-state index contributed by atoms with van der Waals surface area (Å²) in [5.74, 6) is 1.47. The standard InChI is InChI=1S/C20H16BrN5O/c21-14-4-1-3-13(11-14)18-17-15(5-2-6-16(17)27)23-20-24-19(25-26(18)20)12-7-9-22-10-8-12/h1,3-4,7-11,18H,2,5-6H2,(H,23,24,25). The summed E-state index contributed by atoms with van der Waals surface area (Å²) in [5.41, 5.74) is 3.68. The highest BCUT2D eigenvalue weighted by Gasteiger charge is 2.36. The maximum Gasteiger partial charge on any atom is 0.226 e. The fourth-order valence-electron chi connectivity index (χ4n) is 3.76. The van der Waals surface area contributed by atoms with Crippen LogP contribution in [0, 0.1) is 0 Å². The van der Waals surface area contributed by atoms with Gasteiger partial charge >= 0.3 is 0 Å². The molecule has 6 nitrogen and oxygen atoms in total. The van der Waals surface area contributed by atoms with Crippen LogP contribution in [0.3, 0.4) is 0 Å². The van der Waals surface area contributed by atoms with E-state index in [1.54, 1.807) is 12.4 Å². The highest BCUT2D eigenvalue weighted by Crippen LogP contribution is 2.41. The highest BCUT2D eigenvalue weighted by atomic mass is 79.9. The van der Waals surface area contributed by atoms with Gasteiger partial charge in [0.2, 0.25) is 5.95 Å². The van der Waals surface area contributed by atoms with Crippen LogP contribution in [0.2, 0.25) is 0 Å². The molecule has 1 atom stereocenters. The summed E-state index contributed by atoms with van der Waals surface area (Å²) in [4.78, 5) is 21.6. The molecular weight excluding hydrogens is 406 g/mol. The number of fused-ring (bicyclic) bond motifs is 1. The molecular formula is C20H16BrN5O. The number of ketones is 1. The van der Waals surface area contributed by atoms with E-state index in [0.717, 1.165) is 39.7 Å². The van der Waals surface area contributed by atoms with Crippen LogP contribution in [-0.2, 0) is 4.79 Å². The van der Waals surface area contributed by atoms with E-state index in [0.29, 0.717) is 18.2 Å². The molecule has 1 aliphatic carbocycles. The molecule has 0 fully saturated rings. The van der Waals surface area contributed by atoms with Gasteiger partial charge in [0.15, 0.2) is 11.6 Å². The van der Waals surface area contributed by atoms with E-state index in [-0.39, 0.29) is 11.8 Å². The minimum atomic E-state index is -0.273. The monoisotopic (exact) mass is 421 g/mol. The van der Waals surface area contributed by atoms with Gasteiger partial charge in [0.05, 0.1) is 0 Å². The molecule has 5 rings (SSSR count). The molecule has 0 radical (unpaired) electrons. The molecule has 3 heterocycles. The summed E-state index contributed by atoms with van der Waals surface area (Å²) in [6, 6.07) is 11.5. The zero-order chi connectivity index (χ0) is 18.4. The Kier molecular flexibility index (Phi) is 3.89. The Balaban J connectivity index is 1.70. The molecule has 27 heavy (non-hydrogen) atoms. The van der Waals surface area contributed by atoms with Crippen molar-refractivity contribution in [3.63, 3.8) is 0 Å². The molecule has 1 unspecified atom stereocenters. The lowest BCUT2D eigenvalue weighted by molar-refractivity contribution is -0.116. The summed E-state index contributed by atoms with van der Waals surface area (Å²) in [6.45, 7) is 0. The Morgan fingerprint density at radius 3 is 2.81 bits per heavy atom. The van der Waals surface area contributed by atoms with Crippen molar-refractivity contribution in [2.45, 2.75) is 25.3 Å². The van der Waals surface area contributed by atoms with Crippen LogP contribution in [-0.4, -0.2) is 25.5 Å². The molecule has 2 aromatic heterocycles. The quantitative estimate of drug-likeness (QED) is 0.673. The van der Waals surface area contributed by atoms with Gasteiger partial charge in [-0.3, -0.25) is 9.78 Å². The number of nitrogens with zero attached hydrogens (tertiary/aromatic N) is 4. The number of allylic oxidation sites excluding steroid dienone is 2. The average Bonchev–Trinajstić information content (AvgIpc) is 3.11. The van der Waals surface area contributed by atoms with E-state index in [4.69, 9.17) is 10.1 Å². The number of anilines is 1. The molecule has 2 aliphatic rings. The second-order valence-electron chi connectivity index (χ2n) is 6.69. The molecule has 1 aliphatic heterocycles. The first kappa shape index (κ1) is 16.4. The maximum absolute atomic E-state index is 12.8. The minimum absolute atomic E-state index is 0.181. The summed E-state index contributed by atoms with van der Waals surface area (Å²) in [7, 11) is 0. The number of aromatic nitrogens is 4. The smallest absolute Gasteiger partial charge is 0.226 e. The number of carbonyl (C=O) groups excluding carboxylic acids is 1. The number of rotatable bonds is 2. The summed E-state index contributed by atoms with van der Waals surface area (Å²) in [5, 5.41) is 8.10. The topological polar surface area (TPSA) is 72.7 Å². The largest absolute Gasteiger partial charge is 0.328 e. The molecule has 1 aromatic carbocycles. The predicted molar refractivity (Wildman–Crippen MR) is 105 cm³/mol. The van der Waals surface area contributed by atoms with Crippen molar-refractivity contribution in [2.75, 3.05) is 5.32 Å². The molecule has 134 valence electrons.